The quantitative estimate of drug-likeness (QED) is 0.607. The van der Waals surface area contributed by atoms with Gasteiger partial charge in [-0.2, -0.15) is 0 Å². The van der Waals surface area contributed by atoms with Crippen LogP contribution in [0.15, 0.2) is 30.3 Å². The molecule has 1 aromatic carbocycles. The molecule has 1 aliphatic rings. The number of rotatable bonds is 1. The van der Waals surface area contributed by atoms with Gasteiger partial charge in [0.2, 0.25) is 0 Å². The van der Waals surface area contributed by atoms with E-state index < -0.39 is 0 Å². The molecule has 1 aromatic rings. The average molecular weight is 150 g/mol. The summed E-state index contributed by atoms with van der Waals surface area (Å²) in [6, 6.07) is 10.1. The van der Waals surface area contributed by atoms with Crippen LogP contribution in [0.3, 0.4) is 0 Å². The summed E-state index contributed by atoms with van der Waals surface area (Å²) in [5, 5.41) is 0. The SMILES string of the molecule is c1ccc([C@H]2COCO2)cc1. The molecule has 0 radical (unpaired) electrons. The topological polar surface area (TPSA) is 18.5 Å². The standard InChI is InChI=1S/C9H10O2/c1-2-4-8(5-3-1)9-6-10-7-11-9/h1-5,9H,6-7H2/t9-/m1/s1. The first-order chi connectivity index (χ1) is 5.47. The molecule has 11 heavy (non-hydrogen) atoms. The van der Waals surface area contributed by atoms with Crippen molar-refractivity contribution in [1.82, 2.24) is 0 Å². The van der Waals surface area contributed by atoms with E-state index in [1.165, 1.54) is 5.56 Å². The highest BCUT2D eigenvalue weighted by Gasteiger charge is 2.16. The van der Waals surface area contributed by atoms with E-state index in [0.29, 0.717) is 13.4 Å². The minimum absolute atomic E-state index is 0.149. The Morgan fingerprint density at radius 1 is 1.18 bits per heavy atom. The summed E-state index contributed by atoms with van der Waals surface area (Å²) in [6.07, 6.45) is 0.149. The summed E-state index contributed by atoms with van der Waals surface area (Å²) in [5.74, 6) is 0. The van der Waals surface area contributed by atoms with Gasteiger partial charge in [0.05, 0.1) is 6.61 Å². The van der Waals surface area contributed by atoms with Gasteiger partial charge in [-0.1, -0.05) is 30.3 Å². The lowest BCUT2D eigenvalue weighted by Gasteiger charge is -2.05. The molecule has 0 N–H and O–H groups in total. The Balaban J connectivity index is 2.16. The van der Waals surface area contributed by atoms with E-state index in [0.717, 1.165) is 0 Å². The minimum atomic E-state index is 0.149. The molecule has 0 spiro atoms. The normalized spacial score (nSPS) is 23.8. The lowest BCUT2D eigenvalue weighted by molar-refractivity contribution is 0.0466. The maximum atomic E-state index is 5.32. The van der Waals surface area contributed by atoms with Crippen LogP contribution in [0.2, 0.25) is 0 Å². The predicted octanol–water partition coefficient (Wildman–Crippen LogP) is 1.73. The zero-order valence-electron chi connectivity index (χ0n) is 6.19. The third kappa shape index (κ3) is 1.42. The molecular formula is C9H10O2. The van der Waals surface area contributed by atoms with Crippen LogP contribution in [0.25, 0.3) is 0 Å². The van der Waals surface area contributed by atoms with Crippen LogP contribution in [-0.2, 0) is 9.47 Å². The Hall–Kier alpha value is -0.860. The Kier molecular flexibility index (Phi) is 1.88. The zero-order chi connectivity index (χ0) is 7.52. The van der Waals surface area contributed by atoms with Gasteiger partial charge in [0.25, 0.3) is 0 Å². The molecule has 2 rings (SSSR count). The van der Waals surface area contributed by atoms with Crippen LogP contribution in [0.4, 0.5) is 0 Å². The number of benzene rings is 1. The van der Waals surface area contributed by atoms with Crippen molar-refractivity contribution >= 4 is 0 Å². The Morgan fingerprint density at radius 3 is 2.64 bits per heavy atom. The third-order valence-corrected chi connectivity index (χ3v) is 1.79. The lowest BCUT2D eigenvalue weighted by Crippen LogP contribution is -1.98. The summed E-state index contributed by atoms with van der Waals surface area (Å²) >= 11 is 0. The van der Waals surface area contributed by atoms with E-state index >= 15 is 0 Å². The highest BCUT2D eigenvalue weighted by atomic mass is 16.7. The first-order valence-corrected chi connectivity index (χ1v) is 3.71. The van der Waals surface area contributed by atoms with Crippen molar-refractivity contribution < 1.29 is 9.47 Å². The Bertz CT molecular complexity index is 214. The minimum Gasteiger partial charge on any atom is -0.352 e. The second-order valence-electron chi connectivity index (χ2n) is 2.55. The fourth-order valence-corrected chi connectivity index (χ4v) is 1.19. The van der Waals surface area contributed by atoms with Gasteiger partial charge in [-0.3, -0.25) is 0 Å². The first kappa shape index (κ1) is 6.83. The van der Waals surface area contributed by atoms with E-state index in [4.69, 9.17) is 9.47 Å². The number of hydrogen-bond acceptors (Lipinski definition) is 2. The molecule has 0 aromatic heterocycles. The molecule has 1 atom stereocenters. The molecule has 2 nitrogen and oxygen atoms in total. The molecule has 0 amide bonds. The van der Waals surface area contributed by atoms with Crippen LogP contribution < -0.4 is 0 Å². The van der Waals surface area contributed by atoms with Crippen molar-refractivity contribution in [2.45, 2.75) is 6.10 Å². The lowest BCUT2D eigenvalue weighted by atomic mass is 10.1. The van der Waals surface area contributed by atoms with Gasteiger partial charge in [0.1, 0.15) is 12.9 Å². The van der Waals surface area contributed by atoms with Gasteiger partial charge in [-0.05, 0) is 5.56 Å². The van der Waals surface area contributed by atoms with Crippen molar-refractivity contribution in [1.29, 1.82) is 0 Å². The fourth-order valence-electron chi connectivity index (χ4n) is 1.19. The van der Waals surface area contributed by atoms with Crippen LogP contribution >= 0.6 is 0 Å². The molecule has 58 valence electrons. The molecule has 1 saturated heterocycles. The van der Waals surface area contributed by atoms with Crippen LogP contribution in [0, 0.1) is 0 Å². The van der Waals surface area contributed by atoms with Gasteiger partial charge in [-0.15, -0.1) is 0 Å². The summed E-state index contributed by atoms with van der Waals surface area (Å²) in [4.78, 5) is 0. The fraction of sp³-hybridized carbons (Fsp3) is 0.333. The van der Waals surface area contributed by atoms with Gasteiger partial charge in [-0.25, -0.2) is 0 Å². The zero-order valence-corrected chi connectivity index (χ0v) is 6.19. The second-order valence-corrected chi connectivity index (χ2v) is 2.55. The van der Waals surface area contributed by atoms with Gasteiger partial charge >= 0.3 is 0 Å². The van der Waals surface area contributed by atoms with E-state index in [-0.39, 0.29) is 6.10 Å². The summed E-state index contributed by atoms with van der Waals surface area (Å²) in [5.41, 5.74) is 1.20. The molecule has 1 aliphatic heterocycles. The largest absolute Gasteiger partial charge is 0.352 e. The van der Waals surface area contributed by atoms with Gasteiger partial charge < -0.3 is 9.47 Å². The smallest absolute Gasteiger partial charge is 0.147 e. The maximum absolute atomic E-state index is 5.32. The molecule has 1 heterocycles. The molecule has 0 aliphatic carbocycles. The first-order valence-electron chi connectivity index (χ1n) is 3.71. The van der Waals surface area contributed by atoms with Crippen molar-refractivity contribution in [3.8, 4) is 0 Å². The van der Waals surface area contributed by atoms with Gasteiger partial charge in [0, 0.05) is 0 Å². The maximum Gasteiger partial charge on any atom is 0.147 e. The van der Waals surface area contributed by atoms with Crippen LogP contribution in [-0.4, -0.2) is 13.4 Å². The summed E-state index contributed by atoms with van der Waals surface area (Å²) in [7, 11) is 0. The number of ether oxygens (including phenoxy) is 2. The monoisotopic (exact) mass is 150 g/mol. The van der Waals surface area contributed by atoms with E-state index in [9.17, 15) is 0 Å². The highest BCUT2D eigenvalue weighted by molar-refractivity contribution is 5.17. The van der Waals surface area contributed by atoms with Crippen LogP contribution in [0.1, 0.15) is 11.7 Å². The Labute approximate surface area is 65.7 Å². The summed E-state index contributed by atoms with van der Waals surface area (Å²) < 4.78 is 10.4. The second kappa shape index (κ2) is 3.03. The van der Waals surface area contributed by atoms with Crippen LogP contribution in [0.5, 0.6) is 0 Å². The third-order valence-electron chi connectivity index (χ3n) is 1.79. The molecular weight excluding hydrogens is 140 g/mol. The van der Waals surface area contributed by atoms with Crippen molar-refractivity contribution in [3.05, 3.63) is 35.9 Å². The number of hydrogen-bond donors (Lipinski definition) is 0. The molecule has 1 fully saturated rings. The van der Waals surface area contributed by atoms with E-state index in [2.05, 4.69) is 12.1 Å². The van der Waals surface area contributed by atoms with Crippen molar-refractivity contribution in [3.63, 3.8) is 0 Å². The van der Waals surface area contributed by atoms with Gasteiger partial charge in [0.15, 0.2) is 0 Å². The summed E-state index contributed by atoms with van der Waals surface area (Å²) in [6.45, 7) is 1.11. The van der Waals surface area contributed by atoms with E-state index in [1.807, 2.05) is 18.2 Å². The Morgan fingerprint density at radius 2 is 2.00 bits per heavy atom. The van der Waals surface area contributed by atoms with Crippen molar-refractivity contribution in [2.24, 2.45) is 0 Å². The molecule has 0 unspecified atom stereocenters. The van der Waals surface area contributed by atoms with Crippen molar-refractivity contribution in [2.75, 3.05) is 13.4 Å². The molecule has 0 bridgehead atoms. The van der Waals surface area contributed by atoms with E-state index in [1.54, 1.807) is 0 Å². The predicted molar refractivity (Wildman–Crippen MR) is 41.1 cm³/mol. The molecule has 2 heteroatoms. The highest BCUT2D eigenvalue weighted by Crippen LogP contribution is 2.21. The molecule has 0 saturated carbocycles. The average Bonchev–Trinajstić information content (AvgIpc) is 2.58.